The van der Waals surface area contributed by atoms with Crippen molar-refractivity contribution in [2.45, 2.75) is 50.2 Å². The van der Waals surface area contributed by atoms with Gasteiger partial charge in [-0.05, 0) is 16.4 Å². The van der Waals surface area contributed by atoms with Gasteiger partial charge in [0.15, 0.2) is 28.6 Å². The lowest BCUT2D eigenvalue weighted by atomic mass is 10.0. The molecule has 2 saturated heterocycles. The van der Waals surface area contributed by atoms with Crippen molar-refractivity contribution in [1.82, 2.24) is 39.0 Å². The summed E-state index contributed by atoms with van der Waals surface area (Å²) in [6, 6.07) is 0. The number of aromatic nitrogens is 8. The highest BCUT2D eigenvalue weighted by Gasteiger charge is 2.49. The van der Waals surface area contributed by atoms with Crippen molar-refractivity contribution in [3.8, 4) is 0 Å². The minimum Gasteiger partial charge on any atom is -0.394 e. The fourth-order valence-corrected chi connectivity index (χ4v) is 7.63. The molecule has 0 bridgehead atoms. The Morgan fingerprint density at radius 2 is 1.89 bits per heavy atom. The van der Waals surface area contributed by atoms with E-state index in [1.807, 2.05) is 0 Å². The van der Waals surface area contributed by atoms with Crippen LogP contribution in [0.15, 0.2) is 28.6 Å². The third-order valence-electron chi connectivity index (χ3n) is 7.24. The van der Waals surface area contributed by atoms with E-state index in [0.29, 0.717) is 0 Å². The summed E-state index contributed by atoms with van der Waals surface area (Å²) in [5.74, 6) is -0.620. The van der Waals surface area contributed by atoms with Crippen LogP contribution in [0.2, 0.25) is 0 Å². The highest BCUT2D eigenvalue weighted by atomic mass is 32.7. The number of rotatable bonds is 10. The summed E-state index contributed by atoms with van der Waals surface area (Å²) < 4.78 is 44.0. The molecule has 236 valence electrons. The predicted octanol–water partition coefficient (Wildman–Crippen LogP) is 0.239. The number of anilines is 1. The molecule has 19 nitrogen and oxygen atoms in total. The number of imidazole rings is 2. The molecule has 0 aromatic carbocycles. The molecule has 6 heterocycles. The first-order chi connectivity index (χ1) is 21.0. The largest absolute Gasteiger partial charge is 0.582 e. The summed E-state index contributed by atoms with van der Waals surface area (Å²) in [7, 11) is -2.37. The van der Waals surface area contributed by atoms with Gasteiger partial charge in [0.2, 0.25) is 5.95 Å². The standard InChI is InChI=1S/C21H25N9O10P2S2/c1-8-14(39-41(34)43)11(38-19(8)29-6-25-12-15(29)23-5-24-17(12)32)4-36-42(35,44)40-10-2-9(3-31)37-20(10)30-7-26-13-16(30)27-21(22)28-18(13)33/h5-11,14,19-20,31H,2-4H2,1H3,(H5-,22,23,24,27,28,32,33,34,35,43,44)/p+1. The van der Waals surface area contributed by atoms with Crippen LogP contribution in [0.5, 0.6) is 0 Å². The molecule has 4 aromatic rings. The Kier molecular flexibility index (Phi) is 8.72. The Morgan fingerprint density at radius 1 is 1.18 bits per heavy atom. The first kappa shape index (κ1) is 31.3. The second-order valence-electron chi connectivity index (χ2n) is 10.0. The minimum absolute atomic E-state index is 0.00483. The van der Waals surface area contributed by atoms with Gasteiger partial charge in [-0.3, -0.25) is 23.7 Å². The normalized spacial score (nSPS) is 29.0. The number of nitrogens with two attached hydrogens (primary N) is 1. The molecule has 6 N–H and O–H groups in total. The Hall–Kier alpha value is -2.68. The Balaban J connectivity index is 1.21. The molecule has 4 aromatic heterocycles. The van der Waals surface area contributed by atoms with Gasteiger partial charge in [0.05, 0.1) is 38.3 Å². The number of aliphatic hydroxyl groups is 1. The van der Waals surface area contributed by atoms with Gasteiger partial charge in [0.1, 0.15) is 36.8 Å². The van der Waals surface area contributed by atoms with Crippen LogP contribution in [0, 0.1) is 5.92 Å². The van der Waals surface area contributed by atoms with Gasteiger partial charge in [-0.2, -0.15) is 4.98 Å². The summed E-state index contributed by atoms with van der Waals surface area (Å²) in [5.41, 5.74) is 5.16. The maximum atomic E-state index is 12.3. The molecule has 44 heavy (non-hydrogen) atoms. The maximum absolute atomic E-state index is 12.3. The van der Waals surface area contributed by atoms with E-state index in [1.54, 1.807) is 11.5 Å². The molecule has 0 radical (unpaired) electrons. The number of hydrogen-bond donors (Lipinski definition) is 6. The molecule has 0 amide bonds. The second kappa shape index (κ2) is 12.3. The number of ether oxygens (including phenoxy) is 2. The van der Waals surface area contributed by atoms with Crippen molar-refractivity contribution < 1.29 is 37.6 Å². The number of nitrogens with one attached hydrogen (secondary N) is 2. The number of aromatic amines is 2. The summed E-state index contributed by atoms with van der Waals surface area (Å²) in [5, 5.41) is 9.76. The molecular formula is C21H26N9O10P2S2+. The monoisotopic (exact) mass is 690 g/mol. The van der Waals surface area contributed by atoms with Gasteiger partial charge in [-0.25, -0.2) is 15.0 Å². The first-order valence-electron chi connectivity index (χ1n) is 13.0. The molecular weight excluding hydrogens is 664 g/mol. The van der Waals surface area contributed by atoms with E-state index in [1.165, 1.54) is 23.5 Å². The zero-order valence-corrected chi connectivity index (χ0v) is 26.1. The van der Waals surface area contributed by atoms with E-state index in [-0.39, 0.29) is 47.9 Å². The zero-order valence-electron chi connectivity index (χ0n) is 22.6. The molecule has 9 unspecified atom stereocenters. The average Bonchev–Trinajstić information content (AvgIpc) is 3.73. The van der Waals surface area contributed by atoms with Crippen molar-refractivity contribution in [3.05, 3.63) is 39.7 Å². The zero-order chi connectivity index (χ0) is 31.3. The highest BCUT2D eigenvalue weighted by Crippen LogP contribution is 2.51. The average molecular weight is 691 g/mol. The van der Waals surface area contributed by atoms with Crippen LogP contribution in [0.4, 0.5) is 5.95 Å². The van der Waals surface area contributed by atoms with Gasteiger partial charge in [-0.1, -0.05) is 6.92 Å². The lowest BCUT2D eigenvalue weighted by Crippen LogP contribution is -2.31. The Labute approximate surface area is 257 Å². The number of hydrogen-bond acceptors (Lipinski definition) is 15. The van der Waals surface area contributed by atoms with Crippen LogP contribution in [-0.2, 0) is 39.4 Å². The minimum atomic E-state index is -4.04. The summed E-state index contributed by atoms with van der Waals surface area (Å²) in [4.78, 5) is 56.8. The van der Waals surface area contributed by atoms with E-state index in [2.05, 4.69) is 42.2 Å². The van der Waals surface area contributed by atoms with Gasteiger partial charge < -0.3 is 39.2 Å². The molecule has 0 saturated carbocycles. The number of nitrogen functional groups attached to an aromatic ring is 1. The lowest BCUT2D eigenvalue weighted by Gasteiger charge is -2.25. The first-order valence-corrected chi connectivity index (χ1v) is 17.9. The third-order valence-corrected chi connectivity index (χ3v) is 9.54. The van der Waals surface area contributed by atoms with E-state index >= 15 is 0 Å². The lowest BCUT2D eigenvalue weighted by molar-refractivity contribution is -0.0532. The van der Waals surface area contributed by atoms with Crippen LogP contribution in [0.25, 0.3) is 22.3 Å². The third kappa shape index (κ3) is 5.97. The van der Waals surface area contributed by atoms with Crippen molar-refractivity contribution in [2.24, 2.45) is 5.92 Å². The topological polar surface area (TPSA) is 257 Å². The molecule has 2 aliphatic rings. The smallest absolute Gasteiger partial charge is 0.394 e. The van der Waals surface area contributed by atoms with Crippen molar-refractivity contribution in [3.63, 3.8) is 0 Å². The van der Waals surface area contributed by atoms with Crippen molar-refractivity contribution in [1.29, 1.82) is 0 Å². The van der Waals surface area contributed by atoms with Gasteiger partial charge >= 0.3 is 13.9 Å². The van der Waals surface area contributed by atoms with Crippen LogP contribution >= 0.6 is 26.2 Å². The van der Waals surface area contributed by atoms with E-state index < -0.39 is 67.9 Å². The van der Waals surface area contributed by atoms with Crippen LogP contribution in [-0.4, -0.2) is 86.7 Å². The summed E-state index contributed by atoms with van der Waals surface area (Å²) in [6.45, 7) is -2.98. The quantitative estimate of drug-likeness (QED) is 0.0962. The molecule has 9 atom stereocenters. The number of aliphatic hydroxyl groups excluding tert-OH is 1. The Morgan fingerprint density at radius 3 is 2.59 bits per heavy atom. The van der Waals surface area contributed by atoms with Gasteiger partial charge in [0.25, 0.3) is 11.1 Å². The van der Waals surface area contributed by atoms with Gasteiger partial charge in [0, 0.05) is 12.3 Å². The SMILES string of the molecule is CC1C(O[P+](=O)S)C(COP(O)(=S)OC2CC(CO)OC2n2cnc3c(=O)[nH]c(N)nc32)OC1n1cnc2c(=O)[nH]cnc21. The van der Waals surface area contributed by atoms with E-state index in [0.717, 1.165) is 0 Å². The van der Waals surface area contributed by atoms with Crippen LogP contribution in [0.3, 0.4) is 0 Å². The number of nitrogens with zero attached hydrogens (tertiary/aromatic N) is 6. The van der Waals surface area contributed by atoms with Crippen molar-refractivity contribution >= 4 is 66.3 Å². The summed E-state index contributed by atoms with van der Waals surface area (Å²) in [6.07, 6.45) is -1.18. The number of H-pyrrole nitrogens is 2. The molecule has 0 aliphatic carbocycles. The fraction of sp³-hybridized carbons (Fsp3) is 0.524. The number of fused-ring (bicyclic) bond motifs is 2. The van der Waals surface area contributed by atoms with Crippen LogP contribution < -0.4 is 16.9 Å². The van der Waals surface area contributed by atoms with Gasteiger partial charge in [-0.15, -0.1) is 4.52 Å². The molecule has 0 spiro atoms. The molecule has 6 rings (SSSR count). The van der Waals surface area contributed by atoms with Crippen LogP contribution in [0.1, 0.15) is 25.8 Å². The fourth-order valence-electron chi connectivity index (χ4n) is 5.32. The molecule has 2 aliphatic heterocycles. The van der Waals surface area contributed by atoms with Crippen molar-refractivity contribution in [2.75, 3.05) is 18.9 Å². The number of thiol groups is 1. The Bertz CT molecular complexity index is 1880. The highest BCUT2D eigenvalue weighted by molar-refractivity contribution is 8.39. The maximum Gasteiger partial charge on any atom is 0.582 e. The molecule has 2 fully saturated rings. The molecule has 23 heteroatoms. The predicted molar refractivity (Wildman–Crippen MR) is 158 cm³/mol. The van der Waals surface area contributed by atoms with E-state index in [9.17, 15) is 24.2 Å². The second-order valence-corrected chi connectivity index (χ2v) is 14.5. The van der Waals surface area contributed by atoms with E-state index in [4.69, 9.17) is 40.6 Å². The summed E-state index contributed by atoms with van der Waals surface area (Å²) >= 11 is 9.19.